The summed E-state index contributed by atoms with van der Waals surface area (Å²) in [5.41, 5.74) is 0. The lowest BCUT2D eigenvalue weighted by atomic mass is 10.3. The van der Waals surface area contributed by atoms with Crippen molar-refractivity contribution in [2.24, 2.45) is 0 Å². The number of aliphatic hydroxyl groups excluding tert-OH is 1. The van der Waals surface area contributed by atoms with Gasteiger partial charge in [0, 0.05) is 25.6 Å². The normalized spacial score (nSPS) is 13.2. The van der Waals surface area contributed by atoms with Crippen molar-refractivity contribution < 1.29 is 14.7 Å². The maximum atomic E-state index is 11.1. The van der Waals surface area contributed by atoms with Crippen LogP contribution in [0.15, 0.2) is 0 Å². The van der Waals surface area contributed by atoms with Crippen LogP contribution in [0.1, 0.15) is 20.3 Å². The van der Waals surface area contributed by atoms with E-state index in [4.69, 9.17) is 1.43 Å². The number of carbonyl (C=O) groups excluding carboxylic acids is 2. The summed E-state index contributed by atoms with van der Waals surface area (Å²) in [5, 5.41) is 6.78. The largest absolute Gasteiger partial charge is 0.393 e. The van der Waals surface area contributed by atoms with Crippen molar-refractivity contribution >= 4 is 22.8 Å². The van der Waals surface area contributed by atoms with E-state index in [9.17, 15) is 9.59 Å². The Balaban J connectivity index is 3.40. The van der Waals surface area contributed by atoms with E-state index in [1.165, 1.54) is 6.92 Å². The number of rotatable bonds is 6. The van der Waals surface area contributed by atoms with Gasteiger partial charge in [-0.3, -0.25) is 9.59 Å². The fourth-order valence-corrected chi connectivity index (χ4v) is 1.47. The molecule has 0 saturated carbocycles. The van der Waals surface area contributed by atoms with Gasteiger partial charge in [-0.15, -0.1) is 0 Å². The van der Waals surface area contributed by atoms with E-state index in [1.807, 2.05) is 0 Å². The smallest absolute Gasteiger partial charge is 0.216 e. The van der Waals surface area contributed by atoms with Crippen LogP contribution >= 0.6 is 11.8 Å². The SMILES string of the molecule is [2H]O[C@H](C)CC(=O)SCCNC(C)=O. The molecule has 0 saturated heterocycles. The van der Waals surface area contributed by atoms with Gasteiger partial charge in [-0.2, -0.15) is 0 Å². The average Bonchev–Trinajstić information content (AvgIpc) is 2.12. The molecule has 0 aliphatic heterocycles. The standard InChI is InChI=1S/C8H15NO3S/c1-6(10)5-8(12)13-4-3-9-7(2)11/h6,10H,3-5H2,1-2H3,(H,9,11)/t6-/m1/s1/i10D. The van der Waals surface area contributed by atoms with E-state index in [2.05, 4.69) is 10.4 Å². The molecule has 1 atom stereocenters. The number of hydrogen-bond acceptors (Lipinski definition) is 4. The van der Waals surface area contributed by atoms with Gasteiger partial charge in [0.25, 0.3) is 0 Å². The first-order valence-corrected chi connectivity index (χ1v) is 5.07. The molecule has 0 unspecified atom stereocenters. The molecule has 5 heteroatoms. The summed E-state index contributed by atoms with van der Waals surface area (Å²) in [6.07, 6.45) is -0.135. The van der Waals surface area contributed by atoms with Gasteiger partial charge in [0.15, 0.2) is 5.12 Å². The van der Waals surface area contributed by atoms with Crippen LogP contribution in [-0.2, 0) is 9.59 Å². The molecular weight excluding hydrogens is 190 g/mol. The second kappa shape index (κ2) is 6.91. The van der Waals surface area contributed by atoms with E-state index in [-0.39, 0.29) is 23.5 Å². The summed E-state index contributed by atoms with van der Waals surface area (Å²) in [7, 11) is 0. The maximum Gasteiger partial charge on any atom is 0.216 e. The molecule has 0 aromatic rings. The highest BCUT2D eigenvalue weighted by molar-refractivity contribution is 8.13. The van der Waals surface area contributed by atoms with Crippen molar-refractivity contribution in [3.8, 4) is 0 Å². The van der Waals surface area contributed by atoms with Gasteiger partial charge in [0.2, 0.25) is 7.34 Å². The summed E-state index contributed by atoms with van der Waals surface area (Å²) >= 11 is 1.15. The topological polar surface area (TPSA) is 66.4 Å². The minimum absolute atomic E-state index is 0.0184. The van der Waals surface area contributed by atoms with Crippen LogP contribution in [0.3, 0.4) is 0 Å². The van der Waals surface area contributed by atoms with Crippen molar-refractivity contribution in [1.82, 2.24) is 5.32 Å². The summed E-state index contributed by atoms with van der Waals surface area (Å²) in [4.78, 5) is 21.6. The fourth-order valence-electron chi connectivity index (χ4n) is 0.686. The molecule has 0 aromatic heterocycles. The number of nitrogens with one attached hydrogen (secondary N) is 1. The number of carbonyl (C=O) groups is 2. The molecule has 0 aromatic carbocycles. The number of hydrogen-bond donors (Lipinski definition) is 2. The zero-order valence-corrected chi connectivity index (χ0v) is 8.65. The number of amides is 1. The minimum atomic E-state index is -0.365. The van der Waals surface area contributed by atoms with E-state index in [0.717, 1.165) is 11.8 Å². The fraction of sp³-hybridized carbons (Fsp3) is 0.750. The Hall–Kier alpha value is -0.550. The monoisotopic (exact) mass is 206 g/mol. The van der Waals surface area contributed by atoms with Gasteiger partial charge in [0.1, 0.15) is 0 Å². The van der Waals surface area contributed by atoms with Crippen LogP contribution in [0.25, 0.3) is 0 Å². The number of thioether (sulfide) groups is 1. The third kappa shape index (κ3) is 9.36. The summed E-state index contributed by atoms with van der Waals surface area (Å²) in [6, 6.07) is 0. The number of aliphatic hydroxyl groups is 1. The third-order valence-electron chi connectivity index (χ3n) is 1.19. The van der Waals surface area contributed by atoms with Crippen molar-refractivity contribution in [2.75, 3.05) is 12.3 Å². The molecule has 4 nitrogen and oxygen atoms in total. The van der Waals surface area contributed by atoms with Gasteiger partial charge < -0.3 is 10.4 Å². The lowest BCUT2D eigenvalue weighted by Crippen LogP contribution is -2.23. The highest BCUT2D eigenvalue weighted by Crippen LogP contribution is 2.06. The Morgan fingerprint density at radius 3 is 2.92 bits per heavy atom. The second-order valence-electron chi connectivity index (χ2n) is 2.72. The molecule has 0 radical (unpaired) electrons. The van der Waals surface area contributed by atoms with Crippen molar-refractivity contribution in [1.29, 1.82) is 1.43 Å². The molecular formula is C8H15NO3S. The Morgan fingerprint density at radius 1 is 1.69 bits per heavy atom. The quantitative estimate of drug-likeness (QED) is 0.607. The maximum absolute atomic E-state index is 11.1. The molecule has 2 N–H and O–H groups in total. The van der Waals surface area contributed by atoms with E-state index in [1.54, 1.807) is 6.92 Å². The molecule has 0 fully saturated rings. The molecule has 0 heterocycles. The predicted molar refractivity (Wildman–Crippen MR) is 52.4 cm³/mol. The molecule has 0 aliphatic carbocycles. The highest BCUT2D eigenvalue weighted by atomic mass is 32.2. The van der Waals surface area contributed by atoms with E-state index >= 15 is 0 Å². The summed E-state index contributed by atoms with van der Waals surface area (Å²) in [6.45, 7) is 3.59. The van der Waals surface area contributed by atoms with E-state index < -0.39 is 0 Å². The van der Waals surface area contributed by atoms with Crippen LogP contribution in [0.2, 0.25) is 0 Å². The Bertz CT molecular complexity index is 201. The van der Waals surface area contributed by atoms with Gasteiger partial charge >= 0.3 is 0 Å². The molecule has 0 rings (SSSR count). The molecule has 0 spiro atoms. The minimum Gasteiger partial charge on any atom is -0.393 e. The van der Waals surface area contributed by atoms with E-state index in [0.29, 0.717) is 12.3 Å². The van der Waals surface area contributed by atoms with Gasteiger partial charge in [-0.1, -0.05) is 11.8 Å². The predicted octanol–water partition coefficient (Wildman–Crippen LogP) is 0.153. The average molecular weight is 206 g/mol. The second-order valence-corrected chi connectivity index (χ2v) is 3.87. The van der Waals surface area contributed by atoms with Gasteiger partial charge in [0.05, 0.1) is 6.10 Å². The van der Waals surface area contributed by atoms with Crippen LogP contribution in [0, 0.1) is 0 Å². The lowest BCUT2D eigenvalue weighted by molar-refractivity contribution is -0.119. The Labute approximate surface area is 83.6 Å². The summed E-state index contributed by atoms with van der Waals surface area (Å²) < 4.78 is 6.55. The molecule has 13 heavy (non-hydrogen) atoms. The zero-order chi connectivity index (χ0) is 11.0. The first-order chi connectivity index (χ1) is 6.56. The molecule has 0 aliphatic rings. The van der Waals surface area contributed by atoms with Crippen molar-refractivity contribution in [3.05, 3.63) is 0 Å². The molecule has 76 valence electrons. The molecule has 0 bridgehead atoms. The Morgan fingerprint density at radius 2 is 2.38 bits per heavy atom. The van der Waals surface area contributed by atoms with Crippen molar-refractivity contribution in [3.63, 3.8) is 0 Å². The van der Waals surface area contributed by atoms with Gasteiger partial charge in [-0.05, 0) is 6.92 Å². The zero-order valence-electron chi connectivity index (χ0n) is 8.83. The van der Waals surface area contributed by atoms with Crippen LogP contribution < -0.4 is 5.32 Å². The molecule has 1 amide bonds. The van der Waals surface area contributed by atoms with Crippen LogP contribution in [0.5, 0.6) is 0 Å². The lowest BCUT2D eigenvalue weighted by Gasteiger charge is -2.03. The third-order valence-corrected chi connectivity index (χ3v) is 2.09. The first-order valence-electron chi connectivity index (χ1n) is 4.49. The van der Waals surface area contributed by atoms with Gasteiger partial charge in [-0.25, -0.2) is 0 Å². The summed E-state index contributed by atoms with van der Waals surface area (Å²) in [5.74, 6) is 0.462. The first kappa shape index (κ1) is 10.5. The highest BCUT2D eigenvalue weighted by Gasteiger charge is 2.06. The van der Waals surface area contributed by atoms with Crippen molar-refractivity contribution in [2.45, 2.75) is 26.4 Å². The van der Waals surface area contributed by atoms with Crippen LogP contribution in [0.4, 0.5) is 0 Å². The Kier molecular flexibility index (Phi) is 5.60. The van der Waals surface area contributed by atoms with Crippen LogP contribution in [-0.4, -0.2) is 36.0 Å².